The number of anilines is 1. The Morgan fingerprint density at radius 1 is 0.946 bits per heavy atom. The van der Waals surface area contributed by atoms with E-state index in [9.17, 15) is 18.0 Å². The first kappa shape index (κ1) is 27.7. The monoisotopic (exact) mass is 523 g/mol. The topological polar surface area (TPSA) is 96.0 Å². The summed E-state index contributed by atoms with van der Waals surface area (Å²) in [6.07, 6.45) is 0. The molecular weight excluding hydrogens is 490 g/mol. The van der Waals surface area contributed by atoms with Gasteiger partial charge in [-0.05, 0) is 62.7 Å². The zero-order valence-corrected chi connectivity index (χ0v) is 22.4. The summed E-state index contributed by atoms with van der Waals surface area (Å²) in [5, 5.41) is 2.57. The Labute approximate surface area is 218 Å². The molecule has 0 saturated carbocycles. The van der Waals surface area contributed by atoms with Gasteiger partial charge in [0.15, 0.2) is 0 Å². The molecule has 1 N–H and O–H groups in total. The van der Waals surface area contributed by atoms with E-state index in [4.69, 9.17) is 4.74 Å². The van der Waals surface area contributed by atoms with Crippen LogP contribution in [-0.4, -0.2) is 51.4 Å². The van der Waals surface area contributed by atoms with E-state index >= 15 is 0 Å². The molecule has 9 heteroatoms. The predicted molar refractivity (Wildman–Crippen MR) is 144 cm³/mol. The number of ether oxygens (including phenoxy) is 1. The van der Waals surface area contributed by atoms with Crippen molar-refractivity contribution in [3.63, 3.8) is 0 Å². The lowest BCUT2D eigenvalue weighted by atomic mass is 10.1. The van der Waals surface area contributed by atoms with Gasteiger partial charge in [-0.1, -0.05) is 48.0 Å². The second-order valence-electron chi connectivity index (χ2n) is 8.55. The molecule has 196 valence electrons. The first-order valence-corrected chi connectivity index (χ1v) is 13.5. The highest BCUT2D eigenvalue weighted by Gasteiger charge is 2.32. The Bertz CT molecular complexity index is 1290. The van der Waals surface area contributed by atoms with Crippen LogP contribution >= 0.6 is 0 Å². The second kappa shape index (κ2) is 12.4. The summed E-state index contributed by atoms with van der Waals surface area (Å²) in [4.78, 5) is 27.6. The van der Waals surface area contributed by atoms with Crippen LogP contribution in [0.5, 0.6) is 5.75 Å². The molecule has 0 fully saturated rings. The fraction of sp³-hybridized carbons (Fsp3) is 0.286. The predicted octanol–water partition coefficient (Wildman–Crippen LogP) is 3.75. The van der Waals surface area contributed by atoms with Crippen LogP contribution in [-0.2, 0) is 26.2 Å². The maximum absolute atomic E-state index is 13.8. The molecule has 0 saturated heterocycles. The zero-order chi connectivity index (χ0) is 27.0. The first-order valence-electron chi connectivity index (χ1n) is 12.0. The Hall–Kier alpha value is -3.85. The third-order valence-electron chi connectivity index (χ3n) is 5.93. The van der Waals surface area contributed by atoms with Crippen molar-refractivity contribution < 1.29 is 22.7 Å². The standard InChI is InChI=1S/C28H33N3O5S/c1-5-36-25-15-17-26(18-16-25)37(34,35)31(24-13-11-21(2)12-14-24)20-27(32)30(22(3)28(33)29-4)19-23-9-7-6-8-10-23/h6-18,22H,5,19-20H2,1-4H3,(H,29,33)/t22-/m1/s1. The van der Waals surface area contributed by atoms with Gasteiger partial charge in [-0.15, -0.1) is 0 Å². The maximum atomic E-state index is 13.8. The molecule has 0 heterocycles. The van der Waals surface area contributed by atoms with Crippen molar-refractivity contribution >= 4 is 27.5 Å². The van der Waals surface area contributed by atoms with Crippen LogP contribution in [0.4, 0.5) is 5.69 Å². The molecule has 0 unspecified atom stereocenters. The third-order valence-corrected chi connectivity index (χ3v) is 7.72. The van der Waals surface area contributed by atoms with E-state index in [-0.39, 0.29) is 17.3 Å². The van der Waals surface area contributed by atoms with E-state index in [2.05, 4.69) is 5.32 Å². The van der Waals surface area contributed by atoms with Gasteiger partial charge in [0.05, 0.1) is 17.2 Å². The molecule has 3 aromatic rings. The number of nitrogens with one attached hydrogen (secondary N) is 1. The van der Waals surface area contributed by atoms with Crippen molar-refractivity contribution in [2.75, 3.05) is 24.5 Å². The van der Waals surface area contributed by atoms with Gasteiger partial charge >= 0.3 is 0 Å². The summed E-state index contributed by atoms with van der Waals surface area (Å²) >= 11 is 0. The van der Waals surface area contributed by atoms with Gasteiger partial charge in [0.2, 0.25) is 11.8 Å². The van der Waals surface area contributed by atoms with Crippen molar-refractivity contribution in [1.82, 2.24) is 10.2 Å². The number of likely N-dealkylation sites (N-methyl/N-ethyl adjacent to an activating group) is 1. The number of amides is 2. The molecule has 0 aromatic heterocycles. The minimum atomic E-state index is -4.12. The smallest absolute Gasteiger partial charge is 0.264 e. The number of rotatable bonds is 11. The number of sulfonamides is 1. The molecule has 0 aliphatic rings. The molecule has 0 bridgehead atoms. The van der Waals surface area contributed by atoms with E-state index < -0.39 is 28.5 Å². The minimum absolute atomic E-state index is 0.0262. The Morgan fingerprint density at radius 2 is 1.57 bits per heavy atom. The Kier molecular flexibility index (Phi) is 9.30. The van der Waals surface area contributed by atoms with Gasteiger partial charge in [-0.2, -0.15) is 0 Å². The largest absolute Gasteiger partial charge is 0.494 e. The zero-order valence-electron chi connectivity index (χ0n) is 21.5. The second-order valence-corrected chi connectivity index (χ2v) is 10.4. The quantitative estimate of drug-likeness (QED) is 0.413. The highest BCUT2D eigenvalue weighted by Crippen LogP contribution is 2.26. The molecule has 3 aromatic carbocycles. The van der Waals surface area contributed by atoms with Crippen molar-refractivity contribution in [1.29, 1.82) is 0 Å². The lowest BCUT2D eigenvalue weighted by molar-refractivity contribution is -0.139. The number of aryl methyl sites for hydroxylation is 1. The summed E-state index contributed by atoms with van der Waals surface area (Å²) in [6.45, 7) is 5.49. The normalized spacial score (nSPS) is 11.9. The highest BCUT2D eigenvalue weighted by molar-refractivity contribution is 7.92. The van der Waals surface area contributed by atoms with Gasteiger partial charge in [0.25, 0.3) is 10.0 Å². The van der Waals surface area contributed by atoms with E-state index in [0.29, 0.717) is 18.0 Å². The average molecular weight is 524 g/mol. The molecule has 0 aliphatic heterocycles. The molecule has 0 spiro atoms. The Morgan fingerprint density at radius 3 is 2.14 bits per heavy atom. The van der Waals surface area contributed by atoms with Crippen molar-refractivity contribution in [3.8, 4) is 5.75 Å². The van der Waals surface area contributed by atoms with E-state index in [1.54, 1.807) is 43.3 Å². The lowest BCUT2D eigenvalue weighted by Gasteiger charge is -2.31. The van der Waals surface area contributed by atoms with Crippen LogP contribution in [0.3, 0.4) is 0 Å². The summed E-state index contributed by atoms with van der Waals surface area (Å²) in [5.41, 5.74) is 2.12. The number of carbonyl (C=O) groups excluding carboxylic acids is 2. The van der Waals surface area contributed by atoms with Gasteiger partial charge in [-0.25, -0.2) is 8.42 Å². The van der Waals surface area contributed by atoms with Crippen LogP contribution in [0.2, 0.25) is 0 Å². The summed E-state index contributed by atoms with van der Waals surface area (Å²) in [5.74, 6) is -0.302. The van der Waals surface area contributed by atoms with Crippen molar-refractivity contribution in [3.05, 3.63) is 90.0 Å². The molecule has 3 rings (SSSR count). The van der Waals surface area contributed by atoms with Gasteiger partial charge in [-0.3, -0.25) is 13.9 Å². The van der Waals surface area contributed by atoms with Gasteiger partial charge in [0, 0.05) is 13.6 Å². The van der Waals surface area contributed by atoms with Crippen LogP contribution in [0.15, 0.2) is 83.8 Å². The number of benzene rings is 3. The number of hydrogen-bond acceptors (Lipinski definition) is 5. The lowest BCUT2D eigenvalue weighted by Crippen LogP contribution is -2.50. The summed E-state index contributed by atoms with van der Waals surface area (Å²) in [6, 6.07) is 21.4. The van der Waals surface area contributed by atoms with Crippen LogP contribution < -0.4 is 14.4 Å². The summed E-state index contributed by atoms with van der Waals surface area (Å²) < 4.78 is 34.1. The molecule has 2 amide bonds. The number of hydrogen-bond donors (Lipinski definition) is 1. The molecule has 0 radical (unpaired) electrons. The van der Waals surface area contributed by atoms with Crippen LogP contribution in [0, 0.1) is 6.92 Å². The van der Waals surface area contributed by atoms with Gasteiger partial charge in [0.1, 0.15) is 18.3 Å². The van der Waals surface area contributed by atoms with Crippen LogP contribution in [0.1, 0.15) is 25.0 Å². The number of carbonyl (C=O) groups is 2. The van der Waals surface area contributed by atoms with E-state index in [0.717, 1.165) is 15.4 Å². The molecule has 37 heavy (non-hydrogen) atoms. The van der Waals surface area contributed by atoms with Crippen molar-refractivity contribution in [2.24, 2.45) is 0 Å². The number of nitrogens with zero attached hydrogens (tertiary/aromatic N) is 2. The Balaban J connectivity index is 2.00. The fourth-order valence-corrected chi connectivity index (χ4v) is 5.23. The SMILES string of the molecule is CCOc1ccc(S(=O)(=O)N(CC(=O)N(Cc2ccccc2)[C@H](C)C(=O)NC)c2ccc(C)cc2)cc1. The summed E-state index contributed by atoms with van der Waals surface area (Å²) in [7, 11) is -2.62. The third kappa shape index (κ3) is 6.89. The first-order chi connectivity index (χ1) is 17.7. The van der Waals surface area contributed by atoms with Crippen molar-refractivity contribution in [2.45, 2.75) is 38.3 Å². The fourth-order valence-electron chi connectivity index (χ4n) is 3.81. The van der Waals surface area contributed by atoms with Gasteiger partial charge < -0.3 is 15.0 Å². The molecule has 1 atom stereocenters. The van der Waals surface area contributed by atoms with E-state index in [1.165, 1.54) is 24.1 Å². The molecule has 8 nitrogen and oxygen atoms in total. The highest BCUT2D eigenvalue weighted by atomic mass is 32.2. The minimum Gasteiger partial charge on any atom is -0.494 e. The maximum Gasteiger partial charge on any atom is 0.264 e. The molecular formula is C28H33N3O5S. The average Bonchev–Trinajstić information content (AvgIpc) is 2.91. The van der Waals surface area contributed by atoms with Crippen LogP contribution in [0.25, 0.3) is 0 Å². The molecule has 0 aliphatic carbocycles. The van der Waals surface area contributed by atoms with E-state index in [1.807, 2.05) is 44.2 Å².